The Morgan fingerprint density at radius 2 is 1.28 bits per heavy atom. The molecule has 0 aromatic carbocycles. The number of ether oxygens (including phenoxy) is 4. The average molecular weight is 880 g/mol. The van der Waals surface area contributed by atoms with Gasteiger partial charge in [-0.3, -0.25) is 38.3 Å². The zero-order valence-electron chi connectivity index (χ0n) is 34.9. The van der Waals surface area contributed by atoms with E-state index in [-0.39, 0.29) is 24.4 Å². The molecule has 6 heterocycles. The first-order chi connectivity index (χ1) is 28.3. The molecule has 6 rings (SSSR count). The van der Waals surface area contributed by atoms with Gasteiger partial charge >= 0.3 is 11.7 Å². The molecule has 0 radical (unpaired) electrons. The molecular weight excluding hydrogens is 828 g/mol. The number of nitrogen functional groups attached to an aromatic ring is 1. The minimum atomic E-state index is -1.92. The number of allylic oxidation sites excluding steroid dienone is 2. The molecule has 5 aliphatic rings. The molecule has 3 saturated heterocycles. The van der Waals surface area contributed by atoms with E-state index in [0.29, 0.717) is 37.0 Å². The maximum atomic E-state index is 13.5. The van der Waals surface area contributed by atoms with Crippen LogP contribution in [-0.4, -0.2) is 113 Å². The highest BCUT2D eigenvalue weighted by Gasteiger charge is 2.42. The predicted molar refractivity (Wildman–Crippen MR) is 214 cm³/mol. The summed E-state index contributed by atoms with van der Waals surface area (Å²) in [7, 11) is -1.92. The lowest BCUT2D eigenvalue weighted by Crippen LogP contribution is -2.43. The maximum Gasteiger partial charge on any atom is 0.351 e. The van der Waals surface area contributed by atoms with Gasteiger partial charge in [0.25, 0.3) is 0 Å². The van der Waals surface area contributed by atoms with Gasteiger partial charge in [0.05, 0.1) is 32.3 Å². The van der Waals surface area contributed by atoms with E-state index in [1.807, 2.05) is 0 Å². The number of carbonyl (C=O) groups is 5. The van der Waals surface area contributed by atoms with Gasteiger partial charge in [0, 0.05) is 38.6 Å². The number of nitrogens with two attached hydrogens (primary N) is 1. The molecule has 6 atom stereocenters. The minimum absolute atomic E-state index is 0.00216. The van der Waals surface area contributed by atoms with Crippen LogP contribution in [0.1, 0.15) is 66.0 Å². The van der Waals surface area contributed by atoms with E-state index in [2.05, 4.69) is 58.6 Å². The van der Waals surface area contributed by atoms with Crippen LogP contribution in [0.4, 0.5) is 19.0 Å². The number of esters is 1. The molecule has 3 N–H and O–H groups in total. The molecule has 0 unspecified atom stereocenters. The number of anilines is 1. The lowest BCUT2D eigenvalue weighted by atomic mass is 10.1. The van der Waals surface area contributed by atoms with Crippen molar-refractivity contribution in [3.8, 4) is 0 Å². The molecule has 5 aliphatic heterocycles. The van der Waals surface area contributed by atoms with Gasteiger partial charge in [0.1, 0.15) is 43.6 Å². The van der Waals surface area contributed by atoms with E-state index in [4.69, 9.17) is 34.2 Å². The van der Waals surface area contributed by atoms with Gasteiger partial charge in [-0.15, -0.1) is 0 Å². The van der Waals surface area contributed by atoms with E-state index in [0.717, 1.165) is 38.5 Å². The first-order valence-corrected chi connectivity index (χ1v) is 22.1. The van der Waals surface area contributed by atoms with Crippen LogP contribution in [0.2, 0.25) is 18.1 Å². The smallest absolute Gasteiger partial charge is 0.351 e. The van der Waals surface area contributed by atoms with Crippen molar-refractivity contribution in [3.05, 3.63) is 83.0 Å². The van der Waals surface area contributed by atoms with Gasteiger partial charge in [-0.05, 0) is 34.9 Å². The first kappa shape index (κ1) is 48.6. The molecule has 0 spiro atoms. The number of amides is 2. The minimum Gasteiger partial charge on any atom is -0.463 e. The Bertz CT molecular complexity index is 2080. The third-order valence-corrected chi connectivity index (χ3v) is 15.2. The summed E-state index contributed by atoms with van der Waals surface area (Å²) < 4.78 is 68.7. The van der Waals surface area contributed by atoms with Crippen molar-refractivity contribution in [3.63, 3.8) is 0 Å². The largest absolute Gasteiger partial charge is 0.463 e. The molecule has 0 bridgehead atoms. The number of hydrogen-bond acceptors (Lipinski definition) is 14. The third-order valence-electron chi connectivity index (χ3n) is 10.7. The van der Waals surface area contributed by atoms with Crippen LogP contribution < -0.4 is 11.4 Å². The number of hydrogen-bond donors (Lipinski definition) is 2. The Balaban J connectivity index is 0.000000204. The summed E-state index contributed by atoms with van der Waals surface area (Å²) in [4.78, 5) is 73.8. The van der Waals surface area contributed by atoms with Gasteiger partial charge in [-0.2, -0.15) is 4.98 Å². The summed E-state index contributed by atoms with van der Waals surface area (Å²) in [5.41, 5.74) is 6.60. The summed E-state index contributed by atoms with van der Waals surface area (Å²) in [6.45, 7) is 23.7. The van der Waals surface area contributed by atoms with Crippen molar-refractivity contribution in [1.82, 2.24) is 19.4 Å². The van der Waals surface area contributed by atoms with Crippen LogP contribution in [0.3, 0.4) is 0 Å². The van der Waals surface area contributed by atoms with E-state index in [1.54, 1.807) is 0 Å². The third kappa shape index (κ3) is 12.1. The molecule has 334 valence electrons. The molecule has 0 saturated carbocycles. The zero-order chi connectivity index (χ0) is 45.7. The fourth-order valence-electron chi connectivity index (χ4n) is 6.05. The standard InChI is InChI=1S/C17H26FNO4Si.C13H14FNO5.C10H12FN3O3/c1-11-7-16(19-9-12(18)13(20)8-15(19)21)23-14(11)10-22-24(5,6)17(2,3)4;1-7-3-13(20-11(7)6-19-8(2)16)15-5-9(14)10(17)4-12(15)18;1-5-2-8(17-7(5)4-15)14-3-6(11)9(12)13-10(14)16/h9,14,16H,1,7-8,10H2,2-6H3;5,11,13H,1,3-4,6H2,2H3;3,7-8,15H,1-2,4H2,(H2,12,13,16)/t14-,16-;11-,13-;7-,8-/m000/s1. The van der Waals surface area contributed by atoms with Gasteiger partial charge in [-0.1, -0.05) is 40.5 Å². The van der Waals surface area contributed by atoms with Crippen LogP contribution >= 0.6 is 0 Å². The van der Waals surface area contributed by atoms with E-state index in [1.165, 1.54) is 6.92 Å². The number of aliphatic hydroxyl groups is 1. The molecule has 1 aromatic rings. The second kappa shape index (κ2) is 19.8. The molecule has 0 aliphatic carbocycles. The van der Waals surface area contributed by atoms with Crippen molar-refractivity contribution < 1.29 is 65.6 Å². The Morgan fingerprint density at radius 3 is 1.72 bits per heavy atom. The van der Waals surface area contributed by atoms with E-state index in [9.17, 15) is 41.9 Å². The van der Waals surface area contributed by atoms with Crippen molar-refractivity contribution in [1.29, 1.82) is 0 Å². The number of aliphatic hydroxyl groups excluding tert-OH is 1. The fourth-order valence-corrected chi connectivity index (χ4v) is 7.05. The van der Waals surface area contributed by atoms with Crippen LogP contribution in [0.25, 0.3) is 0 Å². The molecule has 21 heteroatoms. The average Bonchev–Trinajstić information content (AvgIpc) is 3.86. The number of ketones is 2. The monoisotopic (exact) mass is 879 g/mol. The quantitative estimate of drug-likeness (QED) is 0.156. The zero-order valence-corrected chi connectivity index (χ0v) is 35.9. The van der Waals surface area contributed by atoms with Crippen LogP contribution in [0, 0.1) is 5.82 Å². The molecule has 61 heavy (non-hydrogen) atoms. The molecule has 1 aromatic heterocycles. The molecule has 17 nitrogen and oxygen atoms in total. The number of rotatable bonds is 9. The summed E-state index contributed by atoms with van der Waals surface area (Å²) in [5, 5.41) is 9.07. The highest BCUT2D eigenvalue weighted by atomic mass is 28.4. The summed E-state index contributed by atoms with van der Waals surface area (Å²) >= 11 is 0. The number of nitrogens with zero attached hydrogens (tertiary/aromatic N) is 4. The van der Waals surface area contributed by atoms with Crippen molar-refractivity contribution in [2.75, 3.05) is 25.6 Å². The highest BCUT2D eigenvalue weighted by Crippen LogP contribution is 2.38. The predicted octanol–water partition coefficient (Wildman–Crippen LogP) is 3.93. The highest BCUT2D eigenvalue weighted by molar-refractivity contribution is 6.74. The van der Waals surface area contributed by atoms with Crippen LogP contribution in [-0.2, 0) is 47.3 Å². The normalized spacial score (nSPS) is 25.8. The topological polar surface area (TPSA) is 219 Å². The van der Waals surface area contributed by atoms with Crippen molar-refractivity contribution in [2.45, 2.75) is 115 Å². The Labute approximate surface area is 351 Å². The molecule has 3 fully saturated rings. The fraction of sp³-hybridized carbons (Fsp3) is 0.525. The van der Waals surface area contributed by atoms with Gasteiger partial charge in [-0.25, -0.2) is 18.0 Å². The van der Waals surface area contributed by atoms with Gasteiger partial charge in [0.2, 0.25) is 23.4 Å². The SMILES string of the molecule is C=C1C[C@@H](N2C=C(F)C(=O)CC2=O)O[C@H]1COC(C)=O.C=C1C[C@@H](N2C=C(F)C(=O)CC2=O)O[C@H]1CO[Si](C)(C)C(C)(C)C.C=C1C[C@@H](n2cc(F)c(N)nc2=O)O[C@H]1CO. The molecule has 2 amide bonds. The second-order valence-electron chi connectivity index (χ2n) is 16.3. The van der Waals surface area contributed by atoms with E-state index < -0.39 is 110 Å². The number of aromatic nitrogens is 2. The molecular formula is C40H52F3N5O12Si. The second-order valence-corrected chi connectivity index (χ2v) is 21.1. The number of halogens is 3. The van der Waals surface area contributed by atoms with Crippen molar-refractivity contribution >= 4 is 43.5 Å². The first-order valence-electron chi connectivity index (χ1n) is 19.2. The van der Waals surface area contributed by atoms with Gasteiger partial charge < -0.3 is 34.2 Å². The van der Waals surface area contributed by atoms with Gasteiger partial charge in [0.15, 0.2) is 31.6 Å². The Hall–Kier alpha value is -5.06. The van der Waals surface area contributed by atoms with Crippen molar-refractivity contribution in [2.24, 2.45) is 0 Å². The summed E-state index contributed by atoms with van der Waals surface area (Å²) in [5.74, 6) is -6.16. The van der Waals surface area contributed by atoms with E-state index >= 15 is 0 Å². The van der Waals surface area contributed by atoms with Crippen LogP contribution in [0.5, 0.6) is 0 Å². The summed E-state index contributed by atoms with van der Waals surface area (Å²) in [6, 6.07) is 0. The summed E-state index contributed by atoms with van der Waals surface area (Å²) in [6.07, 6.45) is -0.652. The lowest BCUT2D eigenvalue weighted by molar-refractivity contribution is -0.151. The maximum absolute atomic E-state index is 13.5. The lowest BCUT2D eigenvalue weighted by Gasteiger charge is -2.37. The van der Waals surface area contributed by atoms with Crippen LogP contribution in [0.15, 0.2) is 71.5 Å². The number of Topliss-reactive ketones (excluding diaryl/α,β-unsaturated/α-hetero) is 2. The number of carbonyl (C=O) groups excluding carboxylic acids is 5. The Morgan fingerprint density at radius 1 is 0.836 bits per heavy atom. The Kier molecular flexibility index (Phi) is 15.7.